The fourth-order valence-electron chi connectivity index (χ4n) is 1.64. The highest BCUT2D eigenvalue weighted by molar-refractivity contribution is 8.00. The summed E-state index contributed by atoms with van der Waals surface area (Å²) in [6, 6.07) is 9.61. The van der Waals surface area contributed by atoms with E-state index in [0.717, 1.165) is 5.03 Å². The summed E-state index contributed by atoms with van der Waals surface area (Å²) >= 11 is 7.29. The van der Waals surface area contributed by atoms with Gasteiger partial charge in [0.1, 0.15) is 0 Å². The van der Waals surface area contributed by atoms with Crippen LogP contribution in [0.4, 0.5) is 5.69 Å². The normalized spacial score (nSPS) is 11.7. The molecule has 1 atom stereocenters. The average Bonchev–Trinajstić information content (AvgIpc) is 2.50. The third-order valence-corrected chi connectivity index (χ3v) is 4.16. The van der Waals surface area contributed by atoms with E-state index in [1.165, 1.54) is 30.0 Å². The average molecular weight is 337 g/mol. The molecule has 2 aromatic rings. The van der Waals surface area contributed by atoms with Crippen molar-refractivity contribution in [3.63, 3.8) is 0 Å². The summed E-state index contributed by atoms with van der Waals surface area (Å²) in [5, 5.41) is 12.2. The molecule has 0 aliphatic rings. The van der Waals surface area contributed by atoms with Gasteiger partial charge in [0.2, 0.25) is 5.91 Å². The number of rotatable bonds is 5. The Morgan fingerprint density at radius 2 is 2.09 bits per heavy atom. The Labute approximate surface area is 136 Å². The molecule has 0 saturated heterocycles. The first-order valence-electron chi connectivity index (χ1n) is 6.39. The maximum absolute atomic E-state index is 12.2. The van der Waals surface area contributed by atoms with E-state index in [2.05, 4.69) is 10.3 Å². The lowest BCUT2D eigenvalue weighted by Gasteiger charge is -2.13. The summed E-state index contributed by atoms with van der Waals surface area (Å²) in [6.45, 7) is 1.74. The van der Waals surface area contributed by atoms with Gasteiger partial charge in [-0.15, -0.1) is 0 Å². The van der Waals surface area contributed by atoms with Crippen LogP contribution in [0.5, 0.6) is 0 Å². The smallest absolute Gasteiger partial charge is 0.335 e. The third-order valence-electron chi connectivity index (χ3n) is 2.78. The van der Waals surface area contributed by atoms with Gasteiger partial charge in [0.25, 0.3) is 0 Å². The molecule has 1 amide bonds. The molecule has 2 N–H and O–H groups in total. The van der Waals surface area contributed by atoms with Crippen LogP contribution in [0.25, 0.3) is 0 Å². The Bertz CT molecular complexity index is 694. The molecule has 0 radical (unpaired) electrons. The van der Waals surface area contributed by atoms with Gasteiger partial charge in [-0.3, -0.25) is 4.79 Å². The second kappa shape index (κ2) is 7.29. The number of aromatic carboxylic acids is 1. The van der Waals surface area contributed by atoms with Crippen molar-refractivity contribution in [3.8, 4) is 0 Å². The summed E-state index contributed by atoms with van der Waals surface area (Å²) in [6.07, 6.45) is 1.65. The van der Waals surface area contributed by atoms with Crippen LogP contribution < -0.4 is 5.32 Å². The van der Waals surface area contributed by atoms with E-state index in [-0.39, 0.29) is 22.2 Å². The van der Waals surface area contributed by atoms with Crippen molar-refractivity contribution in [1.82, 2.24) is 4.98 Å². The highest BCUT2D eigenvalue weighted by Gasteiger charge is 2.17. The quantitative estimate of drug-likeness (QED) is 0.816. The number of carbonyl (C=O) groups is 2. The molecule has 0 bridgehead atoms. The monoisotopic (exact) mass is 336 g/mol. The zero-order valence-corrected chi connectivity index (χ0v) is 13.2. The predicted octanol–water partition coefficient (Wildman–Crippen LogP) is 3.55. The molecule has 1 aromatic carbocycles. The van der Waals surface area contributed by atoms with Gasteiger partial charge < -0.3 is 10.4 Å². The van der Waals surface area contributed by atoms with E-state index in [0.29, 0.717) is 0 Å². The maximum Gasteiger partial charge on any atom is 0.335 e. The zero-order chi connectivity index (χ0) is 16.1. The number of hydrogen-bond donors (Lipinski definition) is 2. The van der Waals surface area contributed by atoms with Gasteiger partial charge in [-0.1, -0.05) is 29.4 Å². The van der Waals surface area contributed by atoms with E-state index < -0.39 is 11.2 Å². The molecule has 1 heterocycles. The SMILES string of the molecule is CC(Sc1ccccn1)C(=O)Nc1cc(C(=O)O)ccc1Cl. The molecule has 0 aliphatic heterocycles. The standard InChI is InChI=1S/C15H13ClN2O3S/c1-9(22-13-4-2-3-7-17-13)14(19)18-12-8-10(15(20)21)5-6-11(12)16/h2-9H,1H3,(H,18,19)(H,20,21). The lowest BCUT2D eigenvalue weighted by atomic mass is 10.2. The largest absolute Gasteiger partial charge is 0.478 e. The molecular formula is C15H13ClN2O3S. The summed E-state index contributed by atoms with van der Waals surface area (Å²) in [5.41, 5.74) is 0.338. The summed E-state index contributed by atoms with van der Waals surface area (Å²) in [5.74, 6) is -1.36. The number of hydrogen-bond acceptors (Lipinski definition) is 4. The lowest BCUT2D eigenvalue weighted by Crippen LogP contribution is -2.22. The molecule has 0 aliphatic carbocycles. The number of halogens is 1. The first kappa shape index (κ1) is 16.3. The minimum absolute atomic E-state index is 0.0599. The Balaban J connectivity index is 2.08. The van der Waals surface area contributed by atoms with E-state index in [1.807, 2.05) is 12.1 Å². The Hall–Kier alpha value is -2.05. The van der Waals surface area contributed by atoms with Crippen molar-refractivity contribution in [1.29, 1.82) is 0 Å². The van der Waals surface area contributed by atoms with Crippen LogP contribution in [-0.2, 0) is 4.79 Å². The van der Waals surface area contributed by atoms with E-state index in [1.54, 1.807) is 19.2 Å². The Kier molecular flexibility index (Phi) is 5.41. The number of carboxylic acids is 1. The van der Waals surface area contributed by atoms with Crippen molar-refractivity contribution >= 4 is 40.9 Å². The van der Waals surface area contributed by atoms with Crippen molar-refractivity contribution in [2.75, 3.05) is 5.32 Å². The van der Waals surface area contributed by atoms with Gasteiger partial charge in [0.15, 0.2) is 0 Å². The van der Waals surface area contributed by atoms with Gasteiger partial charge in [-0.05, 0) is 37.3 Å². The number of thioether (sulfide) groups is 1. The fourth-order valence-corrected chi connectivity index (χ4v) is 2.61. The van der Waals surface area contributed by atoms with E-state index in [4.69, 9.17) is 16.7 Å². The Morgan fingerprint density at radius 1 is 1.32 bits per heavy atom. The van der Waals surface area contributed by atoms with E-state index in [9.17, 15) is 9.59 Å². The minimum Gasteiger partial charge on any atom is -0.478 e. The number of carbonyl (C=O) groups excluding carboxylic acids is 1. The second-order valence-electron chi connectivity index (χ2n) is 4.42. The number of amides is 1. The number of nitrogens with zero attached hydrogens (tertiary/aromatic N) is 1. The molecule has 0 spiro atoms. The lowest BCUT2D eigenvalue weighted by molar-refractivity contribution is -0.115. The molecule has 1 aromatic heterocycles. The number of anilines is 1. The minimum atomic E-state index is -1.08. The molecule has 2 rings (SSSR count). The summed E-state index contributed by atoms with van der Waals surface area (Å²) in [4.78, 5) is 27.3. The molecular weight excluding hydrogens is 324 g/mol. The van der Waals surface area contributed by atoms with Gasteiger partial charge in [0, 0.05) is 6.20 Å². The van der Waals surface area contributed by atoms with E-state index >= 15 is 0 Å². The Morgan fingerprint density at radius 3 is 2.73 bits per heavy atom. The predicted molar refractivity (Wildman–Crippen MR) is 86.6 cm³/mol. The van der Waals surface area contributed by atoms with Crippen LogP contribution >= 0.6 is 23.4 Å². The molecule has 114 valence electrons. The first-order valence-corrected chi connectivity index (χ1v) is 7.64. The molecule has 0 saturated carbocycles. The topological polar surface area (TPSA) is 79.3 Å². The molecule has 5 nitrogen and oxygen atoms in total. The number of pyridine rings is 1. The molecule has 22 heavy (non-hydrogen) atoms. The van der Waals surface area contributed by atoms with Gasteiger partial charge >= 0.3 is 5.97 Å². The zero-order valence-electron chi connectivity index (χ0n) is 11.6. The van der Waals surface area contributed by atoms with Crippen molar-refractivity contribution in [3.05, 3.63) is 53.2 Å². The van der Waals surface area contributed by atoms with Crippen LogP contribution in [0.1, 0.15) is 17.3 Å². The summed E-state index contributed by atoms with van der Waals surface area (Å²) in [7, 11) is 0. The van der Waals surface area contributed by atoms with Crippen LogP contribution in [0.2, 0.25) is 5.02 Å². The number of nitrogens with one attached hydrogen (secondary N) is 1. The highest BCUT2D eigenvalue weighted by Crippen LogP contribution is 2.26. The fraction of sp³-hybridized carbons (Fsp3) is 0.133. The third kappa shape index (κ3) is 4.22. The molecule has 1 unspecified atom stereocenters. The number of carboxylic acid groups (broad SMARTS) is 1. The van der Waals surface area contributed by atoms with Crippen LogP contribution in [0, 0.1) is 0 Å². The molecule has 7 heteroatoms. The van der Waals surface area contributed by atoms with Crippen LogP contribution in [-0.4, -0.2) is 27.2 Å². The van der Waals surface area contributed by atoms with Crippen LogP contribution in [0.3, 0.4) is 0 Å². The number of aromatic nitrogens is 1. The first-order chi connectivity index (χ1) is 10.5. The van der Waals surface area contributed by atoms with Crippen molar-refractivity contribution in [2.45, 2.75) is 17.2 Å². The van der Waals surface area contributed by atoms with Crippen molar-refractivity contribution < 1.29 is 14.7 Å². The number of benzene rings is 1. The van der Waals surface area contributed by atoms with Gasteiger partial charge in [-0.2, -0.15) is 0 Å². The van der Waals surface area contributed by atoms with Crippen LogP contribution in [0.15, 0.2) is 47.6 Å². The van der Waals surface area contributed by atoms with Crippen molar-refractivity contribution in [2.24, 2.45) is 0 Å². The highest BCUT2D eigenvalue weighted by atomic mass is 35.5. The van der Waals surface area contributed by atoms with Gasteiger partial charge in [-0.25, -0.2) is 9.78 Å². The molecule has 0 fully saturated rings. The van der Waals surface area contributed by atoms with Gasteiger partial charge in [0.05, 0.1) is 26.5 Å². The maximum atomic E-state index is 12.2. The summed E-state index contributed by atoms with van der Waals surface area (Å²) < 4.78 is 0. The second-order valence-corrected chi connectivity index (χ2v) is 6.19.